The Kier molecular flexibility index (Phi) is 6.66. The van der Waals surface area contributed by atoms with Crippen molar-refractivity contribution >= 4 is 39.9 Å². The second-order valence-electron chi connectivity index (χ2n) is 10.1. The highest BCUT2D eigenvalue weighted by Gasteiger charge is 2.32. The van der Waals surface area contributed by atoms with Crippen LogP contribution in [0.1, 0.15) is 19.4 Å². The van der Waals surface area contributed by atoms with Crippen molar-refractivity contribution in [1.29, 1.82) is 0 Å². The molecule has 0 bridgehead atoms. The van der Waals surface area contributed by atoms with E-state index >= 15 is 4.39 Å². The van der Waals surface area contributed by atoms with Crippen molar-refractivity contribution in [3.8, 4) is 11.5 Å². The number of pyridine rings is 2. The summed E-state index contributed by atoms with van der Waals surface area (Å²) in [5.41, 5.74) is 2.70. The van der Waals surface area contributed by atoms with Crippen LogP contribution < -0.4 is 15.0 Å². The van der Waals surface area contributed by atoms with E-state index in [-0.39, 0.29) is 23.7 Å². The molecule has 1 N–H and O–H groups in total. The number of carbonyl (C=O) groups excluding carboxylic acids is 1. The number of anilines is 3. The van der Waals surface area contributed by atoms with Gasteiger partial charge < -0.3 is 19.9 Å². The van der Waals surface area contributed by atoms with E-state index < -0.39 is 5.82 Å². The Morgan fingerprint density at radius 3 is 2.68 bits per heavy atom. The molecule has 1 saturated heterocycles. The van der Waals surface area contributed by atoms with Gasteiger partial charge in [0.05, 0.1) is 11.2 Å². The first-order valence-corrected chi connectivity index (χ1v) is 13.2. The molecule has 5 aromatic rings. The molecule has 6 rings (SSSR count). The molecule has 0 radical (unpaired) electrons. The van der Waals surface area contributed by atoms with Crippen LogP contribution in [0.4, 0.5) is 21.7 Å². The van der Waals surface area contributed by atoms with E-state index in [9.17, 15) is 4.79 Å². The van der Waals surface area contributed by atoms with Crippen LogP contribution in [-0.2, 0) is 4.79 Å². The Bertz CT molecular complexity index is 1780. The molecule has 12 heteroatoms. The third kappa shape index (κ3) is 4.99. The first-order valence-electron chi connectivity index (χ1n) is 13.2. The normalized spacial score (nSPS) is 17.2. The molecule has 1 aliphatic rings. The third-order valence-electron chi connectivity index (χ3n) is 7.14. The fourth-order valence-corrected chi connectivity index (χ4v) is 5.23. The molecule has 1 aliphatic heterocycles. The second-order valence-corrected chi connectivity index (χ2v) is 10.1. The largest absolute Gasteiger partial charge is 0.457 e. The summed E-state index contributed by atoms with van der Waals surface area (Å²) in [4.78, 5) is 34.0. The Hall–Kier alpha value is -5.13. The Morgan fingerprint density at radius 2 is 1.90 bits per heavy atom. The maximum absolute atomic E-state index is 15.3. The van der Waals surface area contributed by atoms with E-state index in [1.807, 2.05) is 37.8 Å². The van der Waals surface area contributed by atoms with Crippen LogP contribution in [0.2, 0.25) is 0 Å². The Balaban J connectivity index is 1.26. The summed E-state index contributed by atoms with van der Waals surface area (Å²) in [6.45, 7) is 10.7. The topological polar surface area (TPSA) is 114 Å². The number of fused-ring (bicyclic) bond motifs is 2. The van der Waals surface area contributed by atoms with Gasteiger partial charge in [0.1, 0.15) is 41.3 Å². The van der Waals surface area contributed by atoms with Gasteiger partial charge in [0.15, 0.2) is 11.5 Å². The molecule has 5 heterocycles. The van der Waals surface area contributed by atoms with Crippen molar-refractivity contribution in [2.75, 3.05) is 23.3 Å². The third-order valence-corrected chi connectivity index (χ3v) is 7.14. The van der Waals surface area contributed by atoms with Crippen LogP contribution in [0.25, 0.3) is 16.7 Å². The summed E-state index contributed by atoms with van der Waals surface area (Å²) in [6, 6.07) is 10.2. The number of rotatable bonds is 6. The first-order chi connectivity index (χ1) is 19.8. The van der Waals surface area contributed by atoms with Gasteiger partial charge in [0.2, 0.25) is 5.91 Å². The molecular weight excluding hydrogens is 525 g/mol. The van der Waals surface area contributed by atoms with Crippen molar-refractivity contribution in [3.63, 3.8) is 0 Å². The maximum atomic E-state index is 15.3. The van der Waals surface area contributed by atoms with E-state index in [1.54, 1.807) is 28.9 Å². The quantitative estimate of drug-likeness (QED) is 0.300. The van der Waals surface area contributed by atoms with E-state index in [1.165, 1.54) is 24.8 Å². The average Bonchev–Trinajstić information content (AvgIpc) is 3.43. The fraction of sp³-hybridized carbons (Fsp3) is 0.241. The lowest BCUT2D eigenvalue weighted by atomic mass is 10.1. The zero-order valence-corrected chi connectivity index (χ0v) is 22.8. The monoisotopic (exact) mass is 553 g/mol. The molecule has 208 valence electrons. The number of hydrogen-bond acceptors (Lipinski definition) is 9. The Morgan fingerprint density at radius 1 is 1.10 bits per heavy atom. The summed E-state index contributed by atoms with van der Waals surface area (Å²) in [5.74, 6) is 1.41. The maximum Gasteiger partial charge on any atom is 0.246 e. The van der Waals surface area contributed by atoms with Crippen LogP contribution in [0, 0.1) is 12.7 Å². The minimum absolute atomic E-state index is 0.0255. The van der Waals surface area contributed by atoms with Crippen molar-refractivity contribution in [3.05, 3.63) is 79.3 Å². The second kappa shape index (κ2) is 10.5. The number of benzene rings is 1. The highest BCUT2D eigenvalue weighted by atomic mass is 19.1. The van der Waals surface area contributed by atoms with E-state index in [2.05, 4.69) is 36.8 Å². The van der Waals surface area contributed by atoms with E-state index in [0.29, 0.717) is 47.1 Å². The van der Waals surface area contributed by atoms with Crippen molar-refractivity contribution in [1.82, 2.24) is 34.4 Å². The molecule has 0 spiro atoms. The van der Waals surface area contributed by atoms with E-state index in [4.69, 9.17) is 9.72 Å². The number of ether oxygens (including phenoxy) is 1. The predicted molar refractivity (Wildman–Crippen MR) is 153 cm³/mol. The van der Waals surface area contributed by atoms with Crippen molar-refractivity contribution in [2.45, 2.75) is 32.9 Å². The van der Waals surface area contributed by atoms with Gasteiger partial charge in [-0.2, -0.15) is 5.10 Å². The van der Waals surface area contributed by atoms with Gasteiger partial charge in [-0.05, 0) is 56.7 Å². The molecule has 2 atom stereocenters. The van der Waals surface area contributed by atoms with Gasteiger partial charge in [-0.15, -0.1) is 0 Å². The van der Waals surface area contributed by atoms with Crippen molar-refractivity contribution < 1.29 is 13.9 Å². The highest BCUT2D eigenvalue weighted by molar-refractivity contribution is 5.89. The van der Waals surface area contributed by atoms with E-state index in [0.717, 1.165) is 11.4 Å². The molecular formula is C29H28FN9O2. The van der Waals surface area contributed by atoms with Gasteiger partial charge >= 0.3 is 0 Å². The average molecular weight is 554 g/mol. The summed E-state index contributed by atoms with van der Waals surface area (Å²) >= 11 is 0. The number of amides is 1. The minimum atomic E-state index is -0.511. The van der Waals surface area contributed by atoms with Gasteiger partial charge in [-0.1, -0.05) is 6.58 Å². The molecule has 0 unspecified atom stereocenters. The lowest BCUT2D eigenvalue weighted by Gasteiger charge is -2.44. The molecule has 0 aliphatic carbocycles. The number of piperazine rings is 1. The SMILES string of the molecule is C=CC(=O)N1[C@H](C)CN(c2ccc3ncnc(Nc4cc(C)c(Oc5ccn6ncnc6c5)cc4F)c3n2)C[C@@H]1C. The van der Waals surface area contributed by atoms with Crippen LogP contribution in [0.15, 0.2) is 67.9 Å². The molecule has 1 fully saturated rings. The summed E-state index contributed by atoms with van der Waals surface area (Å²) < 4.78 is 22.9. The summed E-state index contributed by atoms with van der Waals surface area (Å²) in [5, 5.41) is 7.17. The molecule has 0 saturated carbocycles. The van der Waals surface area contributed by atoms with Crippen molar-refractivity contribution in [2.24, 2.45) is 0 Å². The summed E-state index contributed by atoms with van der Waals surface area (Å²) in [6.07, 6.45) is 5.94. The number of nitrogens with zero attached hydrogens (tertiary/aromatic N) is 8. The fourth-order valence-electron chi connectivity index (χ4n) is 5.23. The lowest BCUT2D eigenvalue weighted by molar-refractivity contribution is -0.130. The number of halogens is 1. The molecule has 4 aromatic heterocycles. The molecule has 1 amide bonds. The van der Waals surface area contributed by atoms with Gasteiger partial charge in [0.25, 0.3) is 0 Å². The van der Waals surface area contributed by atoms with Crippen LogP contribution in [0.5, 0.6) is 11.5 Å². The van der Waals surface area contributed by atoms with Gasteiger partial charge in [-0.25, -0.2) is 28.8 Å². The minimum Gasteiger partial charge on any atom is -0.457 e. The Labute approximate surface area is 235 Å². The number of hydrogen-bond donors (Lipinski definition) is 1. The number of aryl methyl sites for hydroxylation is 1. The highest BCUT2D eigenvalue weighted by Crippen LogP contribution is 2.33. The number of nitrogens with one attached hydrogen (secondary N) is 1. The zero-order chi connectivity index (χ0) is 28.7. The molecule has 41 heavy (non-hydrogen) atoms. The molecule has 1 aromatic carbocycles. The number of aromatic nitrogens is 6. The van der Waals surface area contributed by atoms with Crippen LogP contribution in [-0.4, -0.2) is 65.5 Å². The van der Waals surface area contributed by atoms with Gasteiger partial charge in [0, 0.05) is 43.5 Å². The standard InChI is InChI=1S/C29H28FN9O2/c1-5-27(40)39-18(3)13-37(14-19(39)4)25-7-6-22-28(36-25)29(33-15-31-22)35-23-10-17(2)24(12-21(23)30)41-20-8-9-38-26(11-20)32-16-34-38/h5-12,15-16,18-19H,1,13-14H2,2-4H3,(H,31,33,35)/t18-,19+. The molecule has 11 nitrogen and oxygen atoms in total. The van der Waals surface area contributed by atoms with Crippen LogP contribution >= 0.6 is 0 Å². The predicted octanol–water partition coefficient (Wildman–Crippen LogP) is 4.66. The zero-order valence-electron chi connectivity index (χ0n) is 22.8. The summed E-state index contributed by atoms with van der Waals surface area (Å²) in [7, 11) is 0. The first kappa shape index (κ1) is 26.1. The smallest absolute Gasteiger partial charge is 0.246 e. The lowest BCUT2D eigenvalue weighted by Crippen LogP contribution is -2.58. The van der Waals surface area contributed by atoms with Gasteiger partial charge in [-0.3, -0.25) is 4.79 Å². The number of carbonyl (C=O) groups is 1. The van der Waals surface area contributed by atoms with Crippen LogP contribution in [0.3, 0.4) is 0 Å².